The maximum atomic E-state index is 13.4. The normalized spacial score (nSPS) is 16.6. The summed E-state index contributed by atoms with van der Waals surface area (Å²) in [5, 5.41) is 1.94. The van der Waals surface area contributed by atoms with E-state index in [1.165, 1.54) is 22.7 Å². The van der Waals surface area contributed by atoms with E-state index in [9.17, 15) is 9.59 Å². The van der Waals surface area contributed by atoms with E-state index in [-0.39, 0.29) is 11.7 Å². The van der Waals surface area contributed by atoms with Crippen LogP contribution in [0.2, 0.25) is 0 Å². The number of hydrogen-bond donors (Lipinski definition) is 0. The molecule has 0 saturated carbocycles. The van der Waals surface area contributed by atoms with Crippen LogP contribution in [0.1, 0.15) is 37.3 Å². The van der Waals surface area contributed by atoms with E-state index in [1.807, 2.05) is 47.9 Å². The van der Waals surface area contributed by atoms with Gasteiger partial charge < -0.3 is 4.74 Å². The summed E-state index contributed by atoms with van der Waals surface area (Å²) in [6, 6.07) is 11.1. The number of carbonyl (C=O) groups excluding carboxylic acids is 1. The molecule has 1 aliphatic heterocycles. The van der Waals surface area contributed by atoms with Gasteiger partial charge in [0.1, 0.15) is 6.04 Å². The molecule has 154 valence electrons. The Balaban J connectivity index is 1.91. The summed E-state index contributed by atoms with van der Waals surface area (Å²) >= 11 is 6.26. The van der Waals surface area contributed by atoms with Gasteiger partial charge in [0.15, 0.2) is 4.80 Å². The van der Waals surface area contributed by atoms with Gasteiger partial charge in [-0.25, -0.2) is 9.79 Å². The summed E-state index contributed by atoms with van der Waals surface area (Å²) in [5.41, 5.74) is 1.75. The number of benzene rings is 1. The van der Waals surface area contributed by atoms with Gasteiger partial charge in [-0.2, -0.15) is 0 Å². The fourth-order valence-electron chi connectivity index (χ4n) is 3.29. The fourth-order valence-corrected chi connectivity index (χ4v) is 5.42. The predicted molar refractivity (Wildman–Crippen MR) is 123 cm³/mol. The molecule has 1 unspecified atom stereocenters. The molecule has 4 rings (SSSR count). The zero-order chi connectivity index (χ0) is 21.4. The molecule has 0 radical (unpaired) electrons. The monoisotopic (exact) mass is 502 g/mol. The summed E-state index contributed by atoms with van der Waals surface area (Å²) in [6.07, 6.45) is 1.59. The largest absolute Gasteiger partial charge is 0.459 e. The van der Waals surface area contributed by atoms with Crippen LogP contribution in [-0.4, -0.2) is 16.6 Å². The van der Waals surface area contributed by atoms with E-state index in [0.29, 0.717) is 20.6 Å². The number of hydrogen-bond acceptors (Lipinski definition) is 6. The first-order chi connectivity index (χ1) is 14.3. The van der Waals surface area contributed by atoms with E-state index in [2.05, 4.69) is 20.9 Å². The van der Waals surface area contributed by atoms with Crippen molar-refractivity contribution in [1.82, 2.24) is 4.57 Å². The third-order valence-corrected chi connectivity index (χ3v) is 7.00. The average Bonchev–Trinajstić information content (AvgIpc) is 3.31. The van der Waals surface area contributed by atoms with E-state index >= 15 is 0 Å². The Bertz CT molecular complexity index is 1300. The standard InChI is InChI=1S/C22H19BrN2O3S2/c1-12(2)28-21(27)18-13(3)24-22-25(19(18)16-5-4-10-29-16)20(26)17(30-22)11-14-6-8-15(23)9-7-14/h4-12,19H,1-3H3/b17-11+. The molecule has 0 amide bonds. The van der Waals surface area contributed by atoms with E-state index in [1.54, 1.807) is 25.3 Å². The number of rotatable bonds is 4. The molecule has 1 aromatic carbocycles. The zero-order valence-corrected chi connectivity index (χ0v) is 19.8. The van der Waals surface area contributed by atoms with Crippen LogP contribution in [0.4, 0.5) is 0 Å². The lowest BCUT2D eigenvalue weighted by Gasteiger charge is -2.24. The second-order valence-corrected chi connectivity index (χ2v) is 10.0. The van der Waals surface area contributed by atoms with Gasteiger partial charge in [-0.1, -0.05) is 45.5 Å². The molecular formula is C22H19BrN2O3S2. The number of halogens is 1. The summed E-state index contributed by atoms with van der Waals surface area (Å²) in [7, 11) is 0. The number of thiazole rings is 1. The molecule has 8 heteroatoms. The van der Waals surface area contributed by atoms with Crippen molar-refractivity contribution < 1.29 is 9.53 Å². The van der Waals surface area contributed by atoms with Crippen molar-refractivity contribution >= 4 is 50.6 Å². The van der Waals surface area contributed by atoms with Crippen molar-refractivity contribution in [3.8, 4) is 0 Å². The molecule has 0 N–H and O–H groups in total. The van der Waals surface area contributed by atoms with Gasteiger partial charge in [0.2, 0.25) is 0 Å². The lowest BCUT2D eigenvalue weighted by atomic mass is 10.0. The number of thiophene rings is 1. The molecule has 30 heavy (non-hydrogen) atoms. The highest BCUT2D eigenvalue weighted by Gasteiger charge is 2.34. The van der Waals surface area contributed by atoms with Crippen molar-refractivity contribution in [1.29, 1.82) is 0 Å². The molecule has 0 saturated heterocycles. The Hall–Kier alpha value is -2.29. The molecule has 3 heterocycles. The molecular weight excluding hydrogens is 484 g/mol. The minimum absolute atomic E-state index is 0.164. The Kier molecular flexibility index (Phi) is 5.90. The first kappa shape index (κ1) is 21.0. The van der Waals surface area contributed by atoms with Crippen LogP contribution in [-0.2, 0) is 9.53 Å². The Morgan fingerprint density at radius 3 is 2.63 bits per heavy atom. The Morgan fingerprint density at radius 1 is 1.27 bits per heavy atom. The molecule has 5 nitrogen and oxygen atoms in total. The highest BCUT2D eigenvalue weighted by atomic mass is 79.9. The van der Waals surface area contributed by atoms with Gasteiger partial charge in [0.25, 0.3) is 5.56 Å². The SMILES string of the molecule is CC1=C(C(=O)OC(C)C)C(c2cccs2)n2c(s/c(=C/c3ccc(Br)cc3)c2=O)=N1. The minimum atomic E-state index is -0.542. The predicted octanol–water partition coefficient (Wildman–Crippen LogP) is 4.01. The van der Waals surface area contributed by atoms with Gasteiger partial charge in [-0.15, -0.1) is 11.3 Å². The van der Waals surface area contributed by atoms with Crippen LogP contribution >= 0.6 is 38.6 Å². The van der Waals surface area contributed by atoms with Gasteiger partial charge in [0.05, 0.1) is 21.9 Å². The van der Waals surface area contributed by atoms with Crippen LogP contribution < -0.4 is 14.9 Å². The highest BCUT2D eigenvalue weighted by molar-refractivity contribution is 9.10. The topological polar surface area (TPSA) is 60.7 Å². The number of fused-ring (bicyclic) bond motifs is 1. The van der Waals surface area contributed by atoms with E-state index in [4.69, 9.17) is 4.74 Å². The smallest absolute Gasteiger partial charge is 0.338 e. The molecule has 0 bridgehead atoms. The first-order valence-corrected chi connectivity index (χ1v) is 11.9. The molecule has 0 spiro atoms. The average molecular weight is 503 g/mol. The summed E-state index contributed by atoms with van der Waals surface area (Å²) in [5.74, 6) is -0.438. The number of esters is 1. The van der Waals surface area contributed by atoms with Crippen LogP contribution in [0.5, 0.6) is 0 Å². The summed E-state index contributed by atoms with van der Waals surface area (Å²) < 4.78 is 8.64. The molecule has 0 aliphatic carbocycles. The molecule has 2 aromatic heterocycles. The third kappa shape index (κ3) is 3.99. The van der Waals surface area contributed by atoms with Crippen molar-refractivity contribution in [2.24, 2.45) is 4.99 Å². The van der Waals surface area contributed by atoms with Gasteiger partial charge in [0, 0.05) is 9.35 Å². The highest BCUT2D eigenvalue weighted by Crippen LogP contribution is 2.33. The lowest BCUT2D eigenvalue weighted by Crippen LogP contribution is -2.39. The number of nitrogens with zero attached hydrogens (tertiary/aromatic N) is 2. The maximum Gasteiger partial charge on any atom is 0.338 e. The fraction of sp³-hybridized carbons (Fsp3) is 0.227. The second kappa shape index (κ2) is 8.45. The van der Waals surface area contributed by atoms with Crippen LogP contribution in [0.25, 0.3) is 6.08 Å². The Morgan fingerprint density at radius 2 is 2.00 bits per heavy atom. The lowest BCUT2D eigenvalue weighted by molar-refractivity contribution is -0.143. The molecule has 3 aromatic rings. The number of aromatic nitrogens is 1. The third-order valence-electron chi connectivity index (χ3n) is 4.56. The van der Waals surface area contributed by atoms with Crippen LogP contribution in [0.3, 0.4) is 0 Å². The maximum absolute atomic E-state index is 13.4. The zero-order valence-electron chi connectivity index (χ0n) is 16.6. The van der Waals surface area contributed by atoms with Gasteiger partial charge in [-0.05, 0) is 56.0 Å². The van der Waals surface area contributed by atoms with E-state index < -0.39 is 12.0 Å². The Labute approximate surface area is 189 Å². The quantitative estimate of drug-likeness (QED) is 0.506. The summed E-state index contributed by atoms with van der Waals surface area (Å²) in [4.78, 5) is 32.4. The molecule has 1 aliphatic rings. The van der Waals surface area contributed by atoms with Gasteiger partial charge >= 0.3 is 5.97 Å². The van der Waals surface area contributed by atoms with E-state index in [0.717, 1.165) is 14.9 Å². The first-order valence-electron chi connectivity index (χ1n) is 9.37. The van der Waals surface area contributed by atoms with Crippen LogP contribution in [0, 0.1) is 0 Å². The van der Waals surface area contributed by atoms with Crippen molar-refractivity contribution in [2.45, 2.75) is 32.9 Å². The van der Waals surface area contributed by atoms with Crippen molar-refractivity contribution in [3.05, 3.63) is 87.6 Å². The second-order valence-electron chi connectivity index (χ2n) is 7.10. The van der Waals surface area contributed by atoms with Crippen molar-refractivity contribution in [2.75, 3.05) is 0 Å². The van der Waals surface area contributed by atoms with Gasteiger partial charge in [-0.3, -0.25) is 9.36 Å². The van der Waals surface area contributed by atoms with Crippen LogP contribution in [0.15, 0.2) is 67.3 Å². The summed E-state index contributed by atoms with van der Waals surface area (Å²) in [6.45, 7) is 5.41. The number of allylic oxidation sites excluding steroid dienone is 1. The molecule has 0 fully saturated rings. The minimum Gasteiger partial charge on any atom is -0.459 e. The van der Waals surface area contributed by atoms with Crippen molar-refractivity contribution in [3.63, 3.8) is 0 Å². The number of carbonyl (C=O) groups is 1. The molecule has 1 atom stereocenters. The number of ether oxygens (including phenoxy) is 1.